The lowest BCUT2D eigenvalue weighted by molar-refractivity contribution is 0.300. The summed E-state index contributed by atoms with van der Waals surface area (Å²) in [5, 5.41) is 0.378. The maximum atomic E-state index is 12.1. The van der Waals surface area contributed by atoms with Gasteiger partial charge in [-0.05, 0) is 35.0 Å². The van der Waals surface area contributed by atoms with Crippen molar-refractivity contribution in [1.29, 1.82) is 0 Å². The smallest absolute Gasteiger partial charge is 0.248 e. The summed E-state index contributed by atoms with van der Waals surface area (Å²) in [6, 6.07) is 12.1. The number of fused-ring (bicyclic) bond motifs is 1. The number of rotatable bonds is 9. The van der Waals surface area contributed by atoms with E-state index in [1.165, 1.54) is 11.8 Å². The van der Waals surface area contributed by atoms with Crippen LogP contribution in [0.15, 0.2) is 47.8 Å². The molecule has 3 aromatic rings. The fourth-order valence-electron chi connectivity index (χ4n) is 5.03. The van der Waals surface area contributed by atoms with Gasteiger partial charge >= 0.3 is 0 Å². The Labute approximate surface area is 216 Å². The highest BCUT2D eigenvalue weighted by Crippen LogP contribution is 2.41. The van der Waals surface area contributed by atoms with Crippen LogP contribution in [0.3, 0.4) is 0 Å². The lowest BCUT2D eigenvalue weighted by Crippen LogP contribution is -2.43. The first-order valence-corrected chi connectivity index (χ1v) is 16.6. The summed E-state index contributed by atoms with van der Waals surface area (Å²) < 4.78 is 30.1. The summed E-state index contributed by atoms with van der Waals surface area (Å²) in [4.78, 5) is 12.8. The Morgan fingerprint density at radius 1 is 0.972 bits per heavy atom. The van der Waals surface area contributed by atoms with Crippen molar-refractivity contribution in [1.82, 2.24) is 15.0 Å². The number of sulfone groups is 1. The van der Waals surface area contributed by atoms with Crippen molar-refractivity contribution >= 4 is 28.9 Å². The first-order valence-electron chi connectivity index (χ1n) is 12.5. The fraction of sp³-hybridized carbons (Fsp3) is 0.464. The number of hydrogen-bond acceptors (Lipinski definition) is 6. The number of hydrogen-bond donors (Lipinski definition) is 0. The maximum Gasteiger partial charge on any atom is 0.248 e. The van der Waals surface area contributed by atoms with Gasteiger partial charge in [-0.3, -0.25) is 0 Å². The molecule has 6 nitrogen and oxygen atoms in total. The fourth-order valence-corrected chi connectivity index (χ4v) is 10.7. The van der Waals surface area contributed by atoms with E-state index in [1.807, 2.05) is 24.3 Å². The van der Waals surface area contributed by atoms with Gasteiger partial charge in [-0.2, -0.15) is 9.97 Å². The van der Waals surface area contributed by atoms with Crippen LogP contribution < -0.4 is 4.74 Å². The molecule has 8 heteroatoms. The summed E-state index contributed by atoms with van der Waals surface area (Å²) in [6.07, 6.45) is 4.32. The minimum absolute atomic E-state index is 0.252. The largest absolute Gasteiger partial charge is 0.478 e. The lowest BCUT2D eigenvalue weighted by atomic mass is 10.1. The van der Waals surface area contributed by atoms with Gasteiger partial charge in [0.25, 0.3) is 0 Å². The molecule has 36 heavy (non-hydrogen) atoms. The summed E-state index contributed by atoms with van der Waals surface area (Å²) in [7, 11) is -5.56. The van der Waals surface area contributed by atoms with Crippen LogP contribution in [0, 0.1) is 11.5 Å². The summed E-state index contributed by atoms with van der Waals surface area (Å²) in [5.74, 6) is 3.84. The second kappa shape index (κ2) is 11.5. The normalized spacial score (nSPS) is 12.3. The Bertz CT molecular complexity index is 1340. The molecule has 0 unspecified atom stereocenters. The summed E-state index contributed by atoms with van der Waals surface area (Å²) in [5.41, 5.74) is 7.44. The number of benzene rings is 1. The molecular weight excluding hydrogens is 486 g/mol. The van der Waals surface area contributed by atoms with Gasteiger partial charge in [0, 0.05) is 24.1 Å². The third kappa shape index (κ3) is 6.32. The summed E-state index contributed by atoms with van der Waals surface area (Å²) >= 11 is 0. The minimum atomic E-state index is -3.57. The number of aromatic nitrogens is 3. The molecule has 0 amide bonds. The molecule has 2 aromatic heterocycles. The van der Waals surface area contributed by atoms with Crippen LogP contribution in [0.2, 0.25) is 16.6 Å². The maximum absolute atomic E-state index is 12.1. The van der Waals surface area contributed by atoms with E-state index in [2.05, 4.69) is 80.1 Å². The molecule has 0 saturated carbocycles. The highest BCUT2D eigenvalue weighted by Gasteiger charge is 2.41. The topological polar surface area (TPSA) is 82.0 Å². The van der Waals surface area contributed by atoms with Crippen molar-refractivity contribution in [2.75, 3.05) is 12.9 Å². The van der Waals surface area contributed by atoms with Crippen molar-refractivity contribution in [2.24, 2.45) is 0 Å². The molecule has 0 bridgehead atoms. The second-order valence-electron chi connectivity index (χ2n) is 10.3. The van der Waals surface area contributed by atoms with Crippen LogP contribution in [0.5, 0.6) is 5.88 Å². The average molecular weight is 524 g/mol. The van der Waals surface area contributed by atoms with Crippen molar-refractivity contribution in [2.45, 2.75) is 76.2 Å². The Balaban J connectivity index is 2.02. The molecule has 0 spiro atoms. The van der Waals surface area contributed by atoms with Gasteiger partial charge in [0.1, 0.15) is 8.07 Å². The molecule has 3 rings (SSSR count). The van der Waals surface area contributed by atoms with Crippen molar-refractivity contribution in [3.63, 3.8) is 0 Å². The van der Waals surface area contributed by atoms with E-state index in [4.69, 9.17) is 4.74 Å². The average Bonchev–Trinajstić information content (AvgIpc) is 2.81. The summed E-state index contributed by atoms with van der Waals surface area (Å²) in [6.45, 7) is 14.1. The zero-order valence-corrected chi connectivity index (χ0v) is 24.2. The van der Waals surface area contributed by atoms with Gasteiger partial charge in [0.05, 0.1) is 12.0 Å². The van der Waals surface area contributed by atoms with Gasteiger partial charge in [-0.25, -0.2) is 13.4 Å². The minimum Gasteiger partial charge on any atom is -0.478 e. The molecule has 192 valence electrons. The van der Waals surface area contributed by atoms with E-state index < -0.39 is 17.9 Å². The Morgan fingerprint density at radius 3 is 2.19 bits per heavy atom. The zero-order valence-electron chi connectivity index (χ0n) is 22.4. The van der Waals surface area contributed by atoms with Crippen molar-refractivity contribution in [3.05, 3.63) is 53.7 Å². The van der Waals surface area contributed by atoms with Crippen LogP contribution in [0.25, 0.3) is 11.0 Å². The number of ether oxygens (including phenoxy) is 1. The Hall–Kier alpha value is -2.76. The van der Waals surface area contributed by atoms with E-state index in [0.717, 1.165) is 24.7 Å². The standard InChI is InChI=1S/C28H37N3O3SSi/c1-20(2)36(21(3)4,22(5)6)17-15-24-18-26(34-16-11-14-23-12-9-8-10-13-23)30-27-25(24)19-29-28(31-27)35(7,32)33/h8-10,12-13,18-22H,11,14,16H2,1-7H3. The van der Waals surface area contributed by atoms with E-state index >= 15 is 0 Å². The number of aryl methyl sites for hydroxylation is 1. The zero-order chi connectivity index (χ0) is 26.5. The lowest BCUT2D eigenvalue weighted by Gasteiger charge is -2.38. The SMILES string of the molecule is CC(C)[Si](C#Cc1cc(OCCCc2ccccc2)nc2nc(S(C)(=O)=O)ncc12)(C(C)C)C(C)C. The Kier molecular flexibility index (Phi) is 8.91. The van der Waals surface area contributed by atoms with E-state index in [9.17, 15) is 8.42 Å². The predicted molar refractivity (Wildman–Crippen MR) is 149 cm³/mol. The molecule has 0 atom stereocenters. The number of nitrogens with zero attached hydrogens (tertiary/aromatic N) is 3. The molecule has 2 heterocycles. The van der Waals surface area contributed by atoms with Gasteiger partial charge in [-0.15, -0.1) is 5.54 Å². The Morgan fingerprint density at radius 2 is 1.61 bits per heavy atom. The van der Waals surface area contributed by atoms with E-state index in [1.54, 1.807) is 0 Å². The monoisotopic (exact) mass is 523 g/mol. The van der Waals surface area contributed by atoms with Crippen LogP contribution >= 0.6 is 0 Å². The van der Waals surface area contributed by atoms with Crippen LogP contribution in [0.4, 0.5) is 0 Å². The second-order valence-corrected chi connectivity index (χ2v) is 17.7. The quantitative estimate of drug-likeness (QED) is 0.148. The van der Waals surface area contributed by atoms with Gasteiger partial charge in [0.2, 0.25) is 20.9 Å². The number of pyridine rings is 1. The van der Waals surface area contributed by atoms with Crippen molar-refractivity contribution < 1.29 is 13.2 Å². The van der Waals surface area contributed by atoms with Crippen LogP contribution in [0.1, 0.15) is 59.1 Å². The predicted octanol–water partition coefficient (Wildman–Crippen LogP) is 6.01. The van der Waals surface area contributed by atoms with Crippen LogP contribution in [-0.2, 0) is 16.3 Å². The molecule has 0 fully saturated rings. The first-order chi connectivity index (χ1) is 16.9. The molecule has 0 aliphatic carbocycles. The molecule has 0 saturated heterocycles. The van der Waals surface area contributed by atoms with Crippen LogP contribution in [-0.4, -0.2) is 44.3 Å². The molecule has 1 aromatic carbocycles. The van der Waals surface area contributed by atoms with Crippen molar-refractivity contribution in [3.8, 4) is 17.3 Å². The molecular formula is C28H37N3O3SSi. The third-order valence-corrected chi connectivity index (χ3v) is 14.0. The molecule has 0 N–H and O–H groups in total. The highest BCUT2D eigenvalue weighted by molar-refractivity contribution is 7.90. The molecule has 0 radical (unpaired) electrons. The highest BCUT2D eigenvalue weighted by atomic mass is 32.2. The van der Waals surface area contributed by atoms with E-state index in [-0.39, 0.29) is 10.8 Å². The third-order valence-electron chi connectivity index (χ3n) is 6.83. The van der Waals surface area contributed by atoms with Gasteiger partial charge in [0.15, 0.2) is 5.65 Å². The van der Waals surface area contributed by atoms with E-state index in [0.29, 0.717) is 34.5 Å². The van der Waals surface area contributed by atoms with Gasteiger partial charge in [-0.1, -0.05) is 77.8 Å². The first kappa shape index (κ1) is 27.8. The van der Waals surface area contributed by atoms with Gasteiger partial charge < -0.3 is 4.74 Å². The molecule has 0 aliphatic heterocycles. The molecule has 0 aliphatic rings.